The van der Waals surface area contributed by atoms with E-state index in [0.717, 1.165) is 68.3 Å². The van der Waals surface area contributed by atoms with Crippen LogP contribution in [0, 0.1) is 6.07 Å². The van der Waals surface area contributed by atoms with Crippen LogP contribution >= 0.6 is 0 Å². The second-order valence-electron chi connectivity index (χ2n) is 18.3. The molecule has 0 fully saturated rings. The summed E-state index contributed by atoms with van der Waals surface area (Å²) in [6, 6.07) is 63.3. The second kappa shape index (κ2) is 15.7. The first-order chi connectivity index (χ1) is 31.0. The molecule has 0 amide bonds. The molecule has 0 saturated carbocycles. The Bertz CT molecular complexity index is 3000. The van der Waals surface area contributed by atoms with Crippen molar-refractivity contribution >= 4 is 21.8 Å². The van der Waals surface area contributed by atoms with Gasteiger partial charge in [-0.15, -0.1) is 29.8 Å². The number of rotatable bonds is 12. The molecule has 0 bridgehead atoms. The molecule has 2 aromatic heterocycles. The number of pyridine rings is 1. The summed E-state index contributed by atoms with van der Waals surface area (Å²) in [6.07, 6.45) is 11.1. The van der Waals surface area contributed by atoms with Gasteiger partial charge in [-0.3, -0.25) is 0 Å². The van der Waals surface area contributed by atoms with Crippen LogP contribution in [-0.2, 0) is 10.8 Å². The van der Waals surface area contributed by atoms with Gasteiger partial charge >= 0.3 is 0 Å². The predicted octanol–water partition coefficient (Wildman–Crippen LogP) is 16.7. The van der Waals surface area contributed by atoms with Crippen LogP contribution in [0.5, 0.6) is 0 Å². The highest BCUT2D eigenvalue weighted by Crippen LogP contribution is 2.56. The molecule has 0 N–H and O–H groups in total. The van der Waals surface area contributed by atoms with Gasteiger partial charge in [0.2, 0.25) is 0 Å². The van der Waals surface area contributed by atoms with E-state index in [1.165, 1.54) is 88.6 Å². The summed E-state index contributed by atoms with van der Waals surface area (Å²) in [5, 5.41) is 2.52. The Hall–Kier alpha value is -6.51. The van der Waals surface area contributed by atoms with Crippen molar-refractivity contribution in [3.05, 3.63) is 192 Å². The van der Waals surface area contributed by atoms with E-state index in [-0.39, 0.29) is 10.8 Å². The van der Waals surface area contributed by atoms with Crippen molar-refractivity contribution in [2.24, 2.45) is 0 Å². The molecule has 310 valence electrons. The summed E-state index contributed by atoms with van der Waals surface area (Å²) in [6.45, 7) is 9.38. The standard InChI is InChI=1S/C61H55N2/c1-5-31-60(32-6-2)53-20-11-9-18-47(53)49-27-23-43(39-55(49)60)41-25-29-58-51(37-41)52-38-42(26-30-59(52)63(58)46-17-15-16-45(36-46)57-22-13-14-35-62-57)44-24-28-50-48-19-10-12-21-54(48)61(33-7-3,34-8-4)56(50)40-44/h9-15,17-30,35-40H,5-8,31-34H2,1-4H3/q-1. The number of aromatic nitrogens is 2. The SMILES string of the molecule is CCCC1(CCC)c2ccccc2-c2ccc(-c3ccc4c(c3)c3cc(-c5ccc6c(c5)C(CCC)(CCC)c5ccccc5-6)ccc3n4-c3cc[c-]c(-c4ccccn4)c3)cc21. The third-order valence-electron chi connectivity index (χ3n) is 14.7. The van der Waals surface area contributed by atoms with Gasteiger partial charge in [0.1, 0.15) is 0 Å². The molecule has 0 aliphatic heterocycles. The van der Waals surface area contributed by atoms with Gasteiger partial charge in [0.15, 0.2) is 0 Å². The average molecular weight is 816 g/mol. The summed E-state index contributed by atoms with van der Waals surface area (Å²) in [5.41, 5.74) is 22.2. The fraction of sp³-hybridized carbons (Fsp3) is 0.230. The van der Waals surface area contributed by atoms with Crippen LogP contribution < -0.4 is 0 Å². The predicted molar refractivity (Wildman–Crippen MR) is 266 cm³/mol. The Balaban J connectivity index is 1.10. The first-order valence-corrected chi connectivity index (χ1v) is 23.5. The number of nitrogens with zero attached hydrogens (tertiary/aromatic N) is 2. The van der Waals surface area contributed by atoms with Crippen molar-refractivity contribution in [3.63, 3.8) is 0 Å². The van der Waals surface area contributed by atoms with Gasteiger partial charge in [0, 0.05) is 27.8 Å². The lowest BCUT2D eigenvalue weighted by Crippen LogP contribution is -2.25. The molecule has 2 heteroatoms. The van der Waals surface area contributed by atoms with Gasteiger partial charge in [-0.2, -0.15) is 0 Å². The van der Waals surface area contributed by atoms with Gasteiger partial charge in [0.05, 0.1) is 11.0 Å². The van der Waals surface area contributed by atoms with Crippen molar-refractivity contribution in [3.8, 4) is 61.5 Å². The van der Waals surface area contributed by atoms with Crippen LogP contribution in [0.1, 0.15) is 101 Å². The lowest BCUT2D eigenvalue weighted by atomic mass is 9.71. The van der Waals surface area contributed by atoms with Gasteiger partial charge in [-0.05, 0) is 146 Å². The van der Waals surface area contributed by atoms with Gasteiger partial charge in [0.25, 0.3) is 0 Å². The fourth-order valence-corrected chi connectivity index (χ4v) is 12.2. The van der Waals surface area contributed by atoms with Crippen LogP contribution in [0.25, 0.3) is 83.3 Å². The highest BCUT2D eigenvalue weighted by molar-refractivity contribution is 6.12. The van der Waals surface area contributed by atoms with Crippen molar-refractivity contribution in [2.45, 2.75) is 89.9 Å². The van der Waals surface area contributed by atoms with Gasteiger partial charge < -0.3 is 9.55 Å². The summed E-state index contributed by atoms with van der Waals surface area (Å²) in [5.74, 6) is 0. The van der Waals surface area contributed by atoms with Crippen LogP contribution in [0.2, 0.25) is 0 Å². The molecule has 0 saturated heterocycles. The Labute approximate surface area is 373 Å². The molecule has 0 spiro atoms. The molecule has 0 atom stereocenters. The van der Waals surface area contributed by atoms with E-state index < -0.39 is 0 Å². The maximum Gasteiger partial charge on any atom is 0.0524 e. The minimum Gasteiger partial charge on any atom is -0.327 e. The number of hydrogen-bond donors (Lipinski definition) is 0. The Morgan fingerprint density at radius 3 is 1.40 bits per heavy atom. The fourth-order valence-electron chi connectivity index (χ4n) is 12.2. The quantitative estimate of drug-likeness (QED) is 0.112. The van der Waals surface area contributed by atoms with E-state index in [9.17, 15) is 0 Å². The Morgan fingerprint density at radius 2 is 0.905 bits per heavy atom. The zero-order chi connectivity index (χ0) is 42.7. The third kappa shape index (κ3) is 6.09. The van der Waals surface area contributed by atoms with E-state index in [2.05, 4.69) is 183 Å². The van der Waals surface area contributed by atoms with Crippen molar-refractivity contribution in [1.29, 1.82) is 0 Å². The Kier molecular flexibility index (Phi) is 9.80. The third-order valence-corrected chi connectivity index (χ3v) is 14.7. The van der Waals surface area contributed by atoms with E-state index in [1.54, 1.807) is 0 Å². The van der Waals surface area contributed by atoms with Crippen molar-refractivity contribution in [2.75, 3.05) is 0 Å². The number of benzene rings is 7. The summed E-state index contributed by atoms with van der Waals surface area (Å²) < 4.78 is 2.44. The van der Waals surface area contributed by atoms with Crippen LogP contribution in [0.4, 0.5) is 0 Å². The summed E-state index contributed by atoms with van der Waals surface area (Å²) >= 11 is 0. The smallest absolute Gasteiger partial charge is 0.0524 e. The molecular weight excluding hydrogens is 761 g/mol. The van der Waals surface area contributed by atoms with Crippen LogP contribution in [-0.4, -0.2) is 9.55 Å². The molecule has 7 aromatic carbocycles. The number of hydrogen-bond acceptors (Lipinski definition) is 1. The normalized spacial score (nSPS) is 14.2. The van der Waals surface area contributed by atoms with Crippen molar-refractivity contribution < 1.29 is 0 Å². The lowest BCUT2D eigenvalue weighted by molar-refractivity contribution is 0.436. The minimum atomic E-state index is 0.0409. The first-order valence-electron chi connectivity index (χ1n) is 23.5. The molecule has 0 unspecified atom stereocenters. The van der Waals surface area contributed by atoms with Crippen LogP contribution in [0.3, 0.4) is 0 Å². The minimum absolute atomic E-state index is 0.0409. The first kappa shape index (κ1) is 39.3. The lowest BCUT2D eigenvalue weighted by Gasteiger charge is -2.32. The molecule has 11 rings (SSSR count). The second-order valence-corrected chi connectivity index (χ2v) is 18.3. The highest BCUT2D eigenvalue weighted by Gasteiger charge is 2.43. The van der Waals surface area contributed by atoms with E-state index in [0.29, 0.717) is 0 Å². The molecule has 63 heavy (non-hydrogen) atoms. The highest BCUT2D eigenvalue weighted by atomic mass is 15.0. The maximum absolute atomic E-state index is 4.69. The van der Waals surface area contributed by atoms with E-state index in [1.807, 2.05) is 24.4 Å². The number of fused-ring (bicyclic) bond motifs is 9. The molecule has 0 radical (unpaired) electrons. The molecule has 2 nitrogen and oxygen atoms in total. The van der Waals surface area contributed by atoms with E-state index >= 15 is 0 Å². The van der Waals surface area contributed by atoms with Gasteiger partial charge in [-0.25, -0.2) is 0 Å². The molecular formula is C61H55N2-. The molecule has 2 aliphatic rings. The molecule has 2 aliphatic carbocycles. The topological polar surface area (TPSA) is 17.8 Å². The van der Waals surface area contributed by atoms with Crippen molar-refractivity contribution in [1.82, 2.24) is 9.55 Å². The monoisotopic (exact) mass is 815 g/mol. The zero-order valence-corrected chi connectivity index (χ0v) is 37.1. The zero-order valence-electron chi connectivity index (χ0n) is 37.1. The van der Waals surface area contributed by atoms with Crippen LogP contribution in [0.15, 0.2) is 164 Å². The van der Waals surface area contributed by atoms with E-state index in [4.69, 9.17) is 0 Å². The average Bonchev–Trinajstić information content (AvgIpc) is 3.90. The molecule has 2 heterocycles. The van der Waals surface area contributed by atoms with Gasteiger partial charge in [-0.1, -0.05) is 150 Å². The summed E-state index contributed by atoms with van der Waals surface area (Å²) in [4.78, 5) is 4.69. The summed E-state index contributed by atoms with van der Waals surface area (Å²) in [7, 11) is 0. The Morgan fingerprint density at radius 1 is 0.444 bits per heavy atom. The maximum atomic E-state index is 4.69. The molecule has 9 aromatic rings. The largest absolute Gasteiger partial charge is 0.327 e.